The van der Waals surface area contributed by atoms with Crippen molar-refractivity contribution in [2.24, 2.45) is 0 Å². The first-order valence-electron chi connectivity index (χ1n) is 6.49. The molecule has 3 rings (SSSR count). The number of piperazine rings is 1. The molecule has 0 bridgehead atoms. The lowest BCUT2D eigenvalue weighted by Gasteiger charge is -2.26. The van der Waals surface area contributed by atoms with Crippen LogP contribution in [0.25, 0.3) is 0 Å². The molecular formula is C12H17N3O4S. The second kappa shape index (κ2) is 5.57. The Morgan fingerprint density at radius 2 is 1.95 bits per heavy atom. The third kappa shape index (κ3) is 2.88. The van der Waals surface area contributed by atoms with Crippen molar-refractivity contribution in [3.63, 3.8) is 0 Å². The highest BCUT2D eigenvalue weighted by atomic mass is 32.2. The lowest BCUT2D eigenvalue weighted by molar-refractivity contribution is 0.174. The van der Waals surface area contributed by atoms with Gasteiger partial charge in [-0.2, -0.15) is 17.4 Å². The van der Waals surface area contributed by atoms with Gasteiger partial charge in [0, 0.05) is 32.7 Å². The van der Waals surface area contributed by atoms with Gasteiger partial charge >= 0.3 is 0 Å². The first-order chi connectivity index (χ1) is 9.65. The van der Waals surface area contributed by atoms with E-state index in [0.717, 1.165) is 5.56 Å². The van der Waals surface area contributed by atoms with Crippen LogP contribution in [0, 0.1) is 0 Å². The van der Waals surface area contributed by atoms with Gasteiger partial charge in [-0.1, -0.05) is 6.07 Å². The topological polar surface area (TPSA) is 79.9 Å². The Morgan fingerprint density at radius 1 is 1.20 bits per heavy atom. The van der Waals surface area contributed by atoms with Crippen molar-refractivity contribution in [2.75, 3.05) is 33.0 Å². The summed E-state index contributed by atoms with van der Waals surface area (Å²) in [6, 6.07) is 5.41. The minimum atomic E-state index is -3.42. The van der Waals surface area contributed by atoms with E-state index in [9.17, 15) is 8.42 Å². The zero-order valence-corrected chi connectivity index (χ0v) is 11.8. The molecule has 1 aromatic rings. The van der Waals surface area contributed by atoms with Gasteiger partial charge < -0.3 is 14.8 Å². The van der Waals surface area contributed by atoms with Crippen molar-refractivity contribution in [1.82, 2.24) is 14.3 Å². The molecule has 110 valence electrons. The van der Waals surface area contributed by atoms with Gasteiger partial charge in [-0.25, -0.2) is 0 Å². The number of rotatable bonds is 4. The van der Waals surface area contributed by atoms with E-state index in [2.05, 4.69) is 10.0 Å². The molecule has 2 aliphatic heterocycles. The molecule has 0 amide bonds. The van der Waals surface area contributed by atoms with Crippen LogP contribution in [0.3, 0.4) is 0 Å². The fourth-order valence-electron chi connectivity index (χ4n) is 2.20. The van der Waals surface area contributed by atoms with Crippen molar-refractivity contribution in [1.29, 1.82) is 0 Å². The van der Waals surface area contributed by atoms with E-state index in [-0.39, 0.29) is 13.3 Å². The average molecular weight is 299 g/mol. The van der Waals surface area contributed by atoms with Crippen molar-refractivity contribution in [3.05, 3.63) is 23.8 Å². The summed E-state index contributed by atoms with van der Waals surface area (Å²) in [7, 11) is -3.42. The zero-order valence-electron chi connectivity index (χ0n) is 11.0. The molecule has 0 unspecified atom stereocenters. The maximum Gasteiger partial charge on any atom is 0.279 e. The Morgan fingerprint density at radius 3 is 2.75 bits per heavy atom. The molecule has 0 radical (unpaired) electrons. The largest absolute Gasteiger partial charge is 0.454 e. The zero-order chi connectivity index (χ0) is 14.0. The van der Waals surface area contributed by atoms with E-state index in [1.165, 1.54) is 4.31 Å². The number of benzene rings is 1. The quantitative estimate of drug-likeness (QED) is 0.795. The molecule has 1 fully saturated rings. The number of nitrogens with one attached hydrogen (secondary N) is 2. The Bertz CT molecular complexity index is 584. The minimum Gasteiger partial charge on any atom is -0.454 e. The summed E-state index contributed by atoms with van der Waals surface area (Å²) in [5, 5.41) is 3.12. The number of ether oxygens (including phenoxy) is 2. The van der Waals surface area contributed by atoms with Crippen LogP contribution in [0.4, 0.5) is 0 Å². The van der Waals surface area contributed by atoms with Crippen molar-refractivity contribution >= 4 is 10.2 Å². The van der Waals surface area contributed by atoms with Gasteiger partial charge in [0.25, 0.3) is 10.2 Å². The maximum atomic E-state index is 12.1. The third-order valence-electron chi connectivity index (χ3n) is 3.31. The van der Waals surface area contributed by atoms with E-state index in [1.54, 1.807) is 12.1 Å². The smallest absolute Gasteiger partial charge is 0.279 e. The predicted molar refractivity (Wildman–Crippen MR) is 72.8 cm³/mol. The summed E-state index contributed by atoms with van der Waals surface area (Å²) in [6.07, 6.45) is 0. The average Bonchev–Trinajstić information content (AvgIpc) is 2.94. The second-order valence-electron chi connectivity index (χ2n) is 4.66. The SMILES string of the molecule is O=S(=O)(NCc1ccc2c(c1)OCO2)N1CCNCC1. The Hall–Kier alpha value is -1.35. The van der Waals surface area contributed by atoms with Gasteiger partial charge in [0.1, 0.15) is 0 Å². The normalized spacial score (nSPS) is 19.2. The molecule has 0 saturated carbocycles. The van der Waals surface area contributed by atoms with Gasteiger partial charge in [-0.15, -0.1) is 0 Å². The van der Waals surface area contributed by atoms with Crippen LogP contribution in [0.5, 0.6) is 11.5 Å². The van der Waals surface area contributed by atoms with Gasteiger partial charge in [-0.05, 0) is 17.7 Å². The van der Waals surface area contributed by atoms with Crippen LogP contribution >= 0.6 is 0 Å². The van der Waals surface area contributed by atoms with Gasteiger partial charge in [0.05, 0.1) is 0 Å². The molecule has 7 nitrogen and oxygen atoms in total. The molecule has 8 heteroatoms. The molecule has 2 aliphatic rings. The second-order valence-corrected chi connectivity index (χ2v) is 6.42. The van der Waals surface area contributed by atoms with Crippen LogP contribution in [0.2, 0.25) is 0 Å². The van der Waals surface area contributed by atoms with Crippen LogP contribution in [0.15, 0.2) is 18.2 Å². The van der Waals surface area contributed by atoms with Crippen molar-refractivity contribution in [2.45, 2.75) is 6.54 Å². The first-order valence-corrected chi connectivity index (χ1v) is 7.93. The Kier molecular flexibility index (Phi) is 3.79. The van der Waals surface area contributed by atoms with Crippen LogP contribution in [0.1, 0.15) is 5.56 Å². The number of nitrogens with zero attached hydrogens (tertiary/aromatic N) is 1. The van der Waals surface area contributed by atoms with E-state index in [1.807, 2.05) is 6.07 Å². The van der Waals surface area contributed by atoms with E-state index >= 15 is 0 Å². The fourth-order valence-corrected chi connectivity index (χ4v) is 3.40. The highest BCUT2D eigenvalue weighted by Crippen LogP contribution is 2.32. The van der Waals surface area contributed by atoms with Crippen LogP contribution < -0.4 is 19.5 Å². The van der Waals surface area contributed by atoms with Gasteiger partial charge in [0.15, 0.2) is 11.5 Å². The molecule has 1 aromatic carbocycles. The first kappa shape index (κ1) is 13.6. The predicted octanol–water partition coefficient (Wildman–Crippen LogP) is -0.345. The molecule has 0 atom stereocenters. The molecule has 0 aromatic heterocycles. The third-order valence-corrected chi connectivity index (χ3v) is 4.87. The summed E-state index contributed by atoms with van der Waals surface area (Å²) in [5.74, 6) is 1.35. The molecule has 20 heavy (non-hydrogen) atoms. The maximum absolute atomic E-state index is 12.1. The molecule has 1 saturated heterocycles. The summed E-state index contributed by atoms with van der Waals surface area (Å²) >= 11 is 0. The van der Waals surface area contributed by atoms with Crippen LogP contribution in [-0.2, 0) is 16.8 Å². The van der Waals surface area contributed by atoms with E-state index < -0.39 is 10.2 Å². The molecular weight excluding hydrogens is 282 g/mol. The molecule has 2 heterocycles. The molecule has 0 aliphatic carbocycles. The Balaban J connectivity index is 1.63. The number of fused-ring (bicyclic) bond motifs is 1. The summed E-state index contributed by atoms with van der Waals surface area (Å²) in [4.78, 5) is 0. The summed E-state index contributed by atoms with van der Waals surface area (Å²) in [6.45, 7) is 2.82. The minimum absolute atomic E-state index is 0.214. The van der Waals surface area contributed by atoms with Crippen LogP contribution in [-0.4, -0.2) is 45.7 Å². The molecule has 2 N–H and O–H groups in total. The highest BCUT2D eigenvalue weighted by molar-refractivity contribution is 7.87. The standard InChI is InChI=1S/C12H17N3O4S/c16-20(17,15-5-3-13-4-6-15)14-8-10-1-2-11-12(7-10)19-9-18-11/h1-2,7,13-14H,3-6,8-9H2. The lowest BCUT2D eigenvalue weighted by Crippen LogP contribution is -2.50. The van der Waals surface area contributed by atoms with E-state index in [0.29, 0.717) is 37.7 Å². The van der Waals surface area contributed by atoms with Gasteiger partial charge in [-0.3, -0.25) is 0 Å². The fraction of sp³-hybridized carbons (Fsp3) is 0.500. The summed E-state index contributed by atoms with van der Waals surface area (Å²) < 4.78 is 38.8. The van der Waals surface area contributed by atoms with Gasteiger partial charge in [0.2, 0.25) is 6.79 Å². The monoisotopic (exact) mass is 299 g/mol. The number of hydrogen-bond acceptors (Lipinski definition) is 5. The van der Waals surface area contributed by atoms with Crippen molar-refractivity contribution in [3.8, 4) is 11.5 Å². The summed E-state index contributed by atoms with van der Waals surface area (Å²) in [5.41, 5.74) is 0.841. The number of hydrogen-bond donors (Lipinski definition) is 2. The van der Waals surface area contributed by atoms with Crippen molar-refractivity contribution < 1.29 is 17.9 Å². The Labute approximate surface area is 118 Å². The highest BCUT2D eigenvalue weighted by Gasteiger charge is 2.23. The molecule has 0 spiro atoms. The van der Waals surface area contributed by atoms with E-state index in [4.69, 9.17) is 9.47 Å². The lowest BCUT2D eigenvalue weighted by atomic mass is 10.2.